The topological polar surface area (TPSA) is 56.0 Å². The number of primary amides is 1. The van der Waals surface area contributed by atoms with Gasteiger partial charge in [0.1, 0.15) is 4.83 Å². The molecule has 0 unspecified atom stereocenters. The molecule has 2 rings (SSSR count). The molecule has 0 aliphatic carbocycles. The monoisotopic (exact) mass is 184 g/mol. The van der Waals surface area contributed by atoms with Crippen LogP contribution in [0.5, 0.6) is 0 Å². The van der Waals surface area contributed by atoms with Gasteiger partial charge in [0.2, 0.25) is 0 Å². The molecule has 2 heterocycles. The van der Waals surface area contributed by atoms with Crippen molar-refractivity contribution >= 4 is 38.1 Å². The fourth-order valence-electron chi connectivity index (χ4n) is 0.792. The Kier molecular flexibility index (Phi) is 1.40. The second-order valence-electron chi connectivity index (χ2n) is 2.00. The molecular formula is C6H4N2OS2. The number of hydrogen-bond acceptors (Lipinski definition) is 4. The molecule has 0 aliphatic rings. The van der Waals surface area contributed by atoms with E-state index in [2.05, 4.69) is 4.98 Å². The van der Waals surface area contributed by atoms with E-state index in [0.717, 1.165) is 9.53 Å². The number of carbonyl (C=O) groups is 1. The zero-order valence-electron chi connectivity index (χ0n) is 5.40. The molecule has 2 N–H and O–H groups in total. The molecule has 1 amide bonds. The van der Waals surface area contributed by atoms with Crippen molar-refractivity contribution < 1.29 is 4.79 Å². The van der Waals surface area contributed by atoms with Gasteiger partial charge in [-0.2, -0.15) is 0 Å². The number of carbonyl (C=O) groups excluding carboxylic acids is 1. The zero-order chi connectivity index (χ0) is 7.84. The maximum atomic E-state index is 10.7. The Morgan fingerprint density at radius 3 is 3.09 bits per heavy atom. The van der Waals surface area contributed by atoms with Crippen molar-refractivity contribution in [1.29, 1.82) is 0 Å². The molecule has 0 saturated carbocycles. The zero-order valence-corrected chi connectivity index (χ0v) is 7.04. The van der Waals surface area contributed by atoms with Crippen molar-refractivity contribution in [1.82, 2.24) is 4.98 Å². The molecular weight excluding hydrogens is 180 g/mol. The summed E-state index contributed by atoms with van der Waals surface area (Å²) >= 11 is 2.85. The van der Waals surface area contributed by atoms with E-state index in [9.17, 15) is 4.79 Å². The number of fused-ring (bicyclic) bond motifs is 1. The Bertz CT molecular complexity index is 375. The summed E-state index contributed by atoms with van der Waals surface area (Å²) in [6.45, 7) is 0. The third kappa shape index (κ3) is 1.02. The van der Waals surface area contributed by atoms with Gasteiger partial charge < -0.3 is 5.73 Å². The molecule has 0 aliphatic heterocycles. The van der Waals surface area contributed by atoms with Crippen molar-refractivity contribution in [3.05, 3.63) is 16.5 Å². The van der Waals surface area contributed by atoms with Gasteiger partial charge in [0.05, 0.1) is 15.1 Å². The molecule has 3 nitrogen and oxygen atoms in total. The lowest BCUT2D eigenvalue weighted by molar-refractivity contribution is 0.100. The highest BCUT2D eigenvalue weighted by atomic mass is 32.1. The summed E-state index contributed by atoms with van der Waals surface area (Å²) in [6.07, 6.45) is 0. The number of rotatable bonds is 1. The van der Waals surface area contributed by atoms with Gasteiger partial charge in [0, 0.05) is 0 Å². The Morgan fingerprint density at radius 2 is 2.45 bits per heavy atom. The first-order chi connectivity index (χ1) is 5.27. The van der Waals surface area contributed by atoms with Crippen LogP contribution < -0.4 is 5.73 Å². The molecule has 0 radical (unpaired) electrons. The molecule has 0 spiro atoms. The smallest absolute Gasteiger partial charge is 0.258 e. The van der Waals surface area contributed by atoms with Gasteiger partial charge in [-0.25, -0.2) is 4.98 Å². The van der Waals surface area contributed by atoms with Crippen LogP contribution in [0.2, 0.25) is 0 Å². The summed E-state index contributed by atoms with van der Waals surface area (Å²) in [5.41, 5.74) is 6.84. The predicted octanol–water partition coefficient (Wildman–Crippen LogP) is 1.46. The first-order valence-electron chi connectivity index (χ1n) is 2.90. The molecule has 0 saturated heterocycles. The molecule has 11 heavy (non-hydrogen) atoms. The van der Waals surface area contributed by atoms with Crippen LogP contribution in [-0.2, 0) is 0 Å². The van der Waals surface area contributed by atoms with Gasteiger partial charge >= 0.3 is 0 Å². The number of thiophene rings is 1. The van der Waals surface area contributed by atoms with Crippen LogP contribution in [0.25, 0.3) is 9.53 Å². The minimum atomic E-state index is -0.375. The summed E-state index contributed by atoms with van der Waals surface area (Å²) < 4.78 is 1.03. The molecule has 2 aromatic heterocycles. The molecule has 56 valence electrons. The largest absolute Gasteiger partial charge is 0.365 e. The molecule has 0 bridgehead atoms. The van der Waals surface area contributed by atoms with Gasteiger partial charge in [-0.3, -0.25) is 4.79 Å². The lowest BCUT2D eigenvalue weighted by Gasteiger charge is -1.81. The summed E-state index contributed by atoms with van der Waals surface area (Å²) in [6, 6.07) is 1.78. The maximum Gasteiger partial charge on any atom is 0.258 e. The minimum absolute atomic E-state index is 0.375. The van der Waals surface area contributed by atoms with Crippen molar-refractivity contribution in [3.63, 3.8) is 0 Å². The van der Waals surface area contributed by atoms with Crippen LogP contribution in [0.4, 0.5) is 0 Å². The summed E-state index contributed by atoms with van der Waals surface area (Å²) in [4.78, 5) is 16.2. The predicted molar refractivity (Wildman–Crippen MR) is 46.0 cm³/mol. The fourth-order valence-corrected chi connectivity index (χ4v) is 2.56. The van der Waals surface area contributed by atoms with E-state index < -0.39 is 0 Å². The van der Waals surface area contributed by atoms with E-state index in [1.54, 1.807) is 11.6 Å². The highest BCUT2D eigenvalue weighted by molar-refractivity contribution is 7.27. The van der Waals surface area contributed by atoms with Crippen LogP contribution in [0.15, 0.2) is 11.6 Å². The summed E-state index contributed by atoms with van der Waals surface area (Å²) in [5.74, 6) is -0.375. The fraction of sp³-hybridized carbons (Fsp3) is 0. The third-order valence-corrected chi connectivity index (χ3v) is 3.23. The highest BCUT2D eigenvalue weighted by Gasteiger charge is 2.07. The van der Waals surface area contributed by atoms with E-state index in [4.69, 9.17) is 5.73 Å². The molecule has 2 aromatic rings. The Labute approximate surface area is 70.5 Å². The number of hydrogen-bond donors (Lipinski definition) is 1. The minimum Gasteiger partial charge on any atom is -0.365 e. The quantitative estimate of drug-likeness (QED) is 0.729. The number of nitrogens with zero attached hydrogens (tertiary/aromatic N) is 1. The van der Waals surface area contributed by atoms with Gasteiger partial charge in [-0.1, -0.05) is 0 Å². The Balaban J connectivity index is 2.67. The first-order valence-corrected chi connectivity index (χ1v) is 4.60. The van der Waals surface area contributed by atoms with Crippen molar-refractivity contribution in [2.24, 2.45) is 5.73 Å². The second kappa shape index (κ2) is 2.28. The third-order valence-electron chi connectivity index (χ3n) is 1.27. The van der Waals surface area contributed by atoms with Crippen molar-refractivity contribution in [3.8, 4) is 0 Å². The number of nitrogens with two attached hydrogens (primary N) is 1. The SMILES string of the molecule is NC(=O)c1cc2scnc2s1. The Morgan fingerprint density at radius 1 is 1.64 bits per heavy atom. The van der Waals surface area contributed by atoms with Gasteiger partial charge in [0.15, 0.2) is 0 Å². The summed E-state index contributed by atoms with van der Waals surface area (Å²) in [7, 11) is 0. The van der Waals surface area contributed by atoms with Crippen LogP contribution in [0, 0.1) is 0 Å². The first kappa shape index (κ1) is 6.75. The van der Waals surface area contributed by atoms with Gasteiger partial charge in [-0.15, -0.1) is 22.7 Å². The van der Waals surface area contributed by atoms with E-state index in [0.29, 0.717) is 4.88 Å². The average molecular weight is 184 g/mol. The average Bonchev–Trinajstić information content (AvgIpc) is 2.40. The number of aromatic nitrogens is 1. The maximum absolute atomic E-state index is 10.7. The molecule has 0 fully saturated rings. The van der Waals surface area contributed by atoms with Crippen molar-refractivity contribution in [2.75, 3.05) is 0 Å². The normalized spacial score (nSPS) is 10.5. The summed E-state index contributed by atoms with van der Waals surface area (Å²) in [5, 5.41) is 0. The number of thiazole rings is 1. The highest BCUT2D eigenvalue weighted by Crippen LogP contribution is 2.26. The lowest BCUT2D eigenvalue weighted by atomic mass is 10.4. The van der Waals surface area contributed by atoms with Crippen LogP contribution in [0.3, 0.4) is 0 Å². The Hall–Kier alpha value is -0.940. The number of amides is 1. The molecule has 5 heteroatoms. The lowest BCUT2D eigenvalue weighted by Crippen LogP contribution is -2.07. The second-order valence-corrected chi connectivity index (χ2v) is 3.91. The molecule has 0 atom stereocenters. The molecule has 0 aromatic carbocycles. The standard InChI is InChI=1S/C6H4N2OS2/c7-5(9)3-1-4-6(11-3)8-2-10-4/h1-2H,(H2,7,9). The van der Waals surface area contributed by atoms with Crippen LogP contribution >= 0.6 is 22.7 Å². The van der Waals surface area contributed by atoms with Gasteiger partial charge in [-0.05, 0) is 6.07 Å². The van der Waals surface area contributed by atoms with E-state index in [1.807, 2.05) is 0 Å². The van der Waals surface area contributed by atoms with E-state index >= 15 is 0 Å². The van der Waals surface area contributed by atoms with Gasteiger partial charge in [0.25, 0.3) is 5.91 Å². The van der Waals surface area contributed by atoms with Crippen LogP contribution in [0.1, 0.15) is 9.67 Å². The van der Waals surface area contributed by atoms with Crippen molar-refractivity contribution in [2.45, 2.75) is 0 Å². The van der Waals surface area contributed by atoms with E-state index in [1.165, 1.54) is 22.7 Å². The van der Waals surface area contributed by atoms with Crippen LogP contribution in [-0.4, -0.2) is 10.9 Å². The van der Waals surface area contributed by atoms with E-state index in [-0.39, 0.29) is 5.91 Å².